The Morgan fingerprint density at radius 1 is 1.60 bits per heavy atom. The lowest BCUT2D eigenvalue weighted by atomic mass is 9.84. The highest BCUT2D eigenvalue weighted by atomic mass is 16.1. The second-order valence-corrected chi connectivity index (χ2v) is 2.77. The molecule has 10 heavy (non-hydrogen) atoms. The van der Waals surface area contributed by atoms with Crippen molar-refractivity contribution in [1.82, 2.24) is 0 Å². The van der Waals surface area contributed by atoms with Crippen LogP contribution in [0.4, 0.5) is 0 Å². The van der Waals surface area contributed by atoms with Crippen molar-refractivity contribution in [2.45, 2.75) is 12.5 Å². The van der Waals surface area contributed by atoms with Crippen molar-refractivity contribution in [3.8, 4) is 0 Å². The van der Waals surface area contributed by atoms with E-state index in [9.17, 15) is 4.79 Å². The fourth-order valence-corrected chi connectivity index (χ4v) is 0.957. The molecule has 2 nitrogen and oxygen atoms in total. The molecule has 1 rings (SSSR count). The van der Waals surface area contributed by atoms with Crippen LogP contribution in [0.5, 0.6) is 0 Å². The highest BCUT2D eigenvalue weighted by Crippen LogP contribution is 2.18. The molecule has 2 heteroatoms. The van der Waals surface area contributed by atoms with Gasteiger partial charge in [0.05, 0.1) is 5.92 Å². The summed E-state index contributed by atoms with van der Waals surface area (Å²) in [6, 6.07) is 0. The summed E-state index contributed by atoms with van der Waals surface area (Å²) in [6.45, 7) is 1.84. The van der Waals surface area contributed by atoms with Crippen molar-refractivity contribution < 1.29 is 4.79 Å². The van der Waals surface area contributed by atoms with Crippen LogP contribution in [0.1, 0.15) is 6.92 Å². The normalized spacial score (nSPS) is 38.0. The lowest BCUT2D eigenvalue weighted by Crippen LogP contribution is -2.43. The average molecular weight is 137 g/mol. The molecule has 0 aromatic heterocycles. The predicted molar refractivity (Wildman–Crippen MR) is 40.4 cm³/mol. The van der Waals surface area contributed by atoms with E-state index >= 15 is 0 Å². The molecule has 0 saturated carbocycles. The zero-order chi connectivity index (χ0) is 7.61. The molecule has 1 aliphatic carbocycles. The van der Waals surface area contributed by atoms with Gasteiger partial charge in [-0.2, -0.15) is 0 Å². The lowest BCUT2D eigenvalue weighted by Gasteiger charge is -2.26. The SMILES string of the molecule is CC1(N)C=CC=CC1C=O. The Bertz CT molecular complexity index is 191. The Morgan fingerprint density at radius 3 is 2.70 bits per heavy atom. The number of aldehydes is 1. The van der Waals surface area contributed by atoms with Crippen LogP contribution in [0.25, 0.3) is 0 Å². The highest BCUT2D eigenvalue weighted by Gasteiger charge is 2.25. The molecular weight excluding hydrogens is 126 g/mol. The highest BCUT2D eigenvalue weighted by molar-refractivity contribution is 5.61. The standard InChI is InChI=1S/C8H11NO/c1-8(9)5-3-2-4-7(8)6-10/h2-7H,9H2,1H3. The Hall–Kier alpha value is -0.890. The molecule has 0 saturated heterocycles. The summed E-state index contributed by atoms with van der Waals surface area (Å²) >= 11 is 0. The molecule has 2 N–H and O–H groups in total. The summed E-state index contributed by atoms with van der Waals surface area (Å²) in [5, 5.41) is 0. The Labute approximate surface area is 60.4 Å². The van der Waals surface area contributed by atoms with Gasteiger partial charge in [0.25, 0.3) is 0 Å². The van der Waals surface area contributed by atoms with Crippen LogP contribution in [0.3, 0.4) is 0 Å². The van der Waals surface area contributed by atoms with Crippen LogP contribution >= 0.6 is 0 Å². The monoisotopic (exact) mass is 137 g/mol. The van der Waals surface area contributed by atoms with Crippen LogP contribution in [0.2, 0.25) is 0 Å². The molecule has 0 bridgehead atoms. The van der Waals surface area contributed by atoms with Crippen molar-refractivity contribution in [2.24, 2.45) is 11.7 Å². The molecule has 2 atom stereocenters. The third kappa shape index (κ3) is 1.16. The summed E-state index contributed by atoms with van der Waals surface area (Å²) in [5.41, 5.74) is 5.27. The smallest absolute Gasteiger partial charge is 0.129 e. The van der Waals surface area contributed by atoms with Crippen molar-refractivity contribution in [2.75, 3.05) is 0 Å². The fraction of sp³-hybridized carbons (Fsp3) is 0.375. The number of carbonyl (C=O) groups is 1. The number of rotatable bonds is 1. The number of nitrogens with two attached hydrogens (primary N) is 1. The Morgan fingerprint density at radius 2 is 2.30 bits per heavy atom. The first-order valence-corrected chi connectivity index (χ1v) is 3.27. The lowest BCUT2D eigenvalue weighted by molar-refractivity contribution is -0.110. The maximum Gasteiger partial charge on any atom is 0.129 e. The summed E-state index contributed by atoms with van der Waals surface area (Å²) in [4.78, 5) is 10.4. The van der Waals surface area contributed by atoms with Gasteiger partial charge in [-0.25, -0.2) is 0 Å². The first-order valence-electron chi connectivity index (χ1n) is 3.27. The van der Waals surface area contributed by atoms with Gasteiger partial charge in [-0.05, 0) is 6.92 Å². The van der Waals surface area contributed by atoms with Gasteiger partial charge in [0.1, 0.15) is 6.29 Å². The maximum absolute atomic E-state index is 10.4. The zero-order valence-corrected chi connectivity index (χ0v) is 5.95. The molecular formula is C8H11NO. The first kappa shape index (κ1) is 7.22. The third-order valence-corrected chi connectivity index (χ3v) is 1.75. The molecule has 0 heterocycles. The van der Waals surface area contributed by atoms with E-state index < -0.39 is 5.54 Å². The summed E-state index contributed by atoms with van der Waals surface area (Å²) < 4.78 is 0. The average Bonchev–Trinajstić information content (AvgIpc) is 1.87. The minimum absolute atomic E-state index is 0.169. The van der Waals surface area contributed by atoms with E-state index in [1.54, 1.807) is 0 Å². The third-order valence-electron chi connectivity index (χ3n) is 1.75. The van der Waals surface area contributed by atoms with Gasteiger partial charge in [-0.3, -0.25) is 0 Å². The summed E-state index contributed by atoms with van der Waals surface area (Å²) in [7, 11) is 0. The maximum atomic E-state index is 10.4. The van der Waals surface area contributed by atoms with Crippen molar-refractivity contribution >= 4 is 6.29 Å². The number of hydrogen-bond donors (Lipinski definition) is 1. The molecule has 0 spiro atoms. The fourth-order valence-electron chi connectivity index (χ4n) is 0.957. The summed E-state index contributed by atoms with van der Waals surface area (Å²) in [6.07, 6.45) is 8.23. The molecule has 54 valence electrons. The molecule has 0 fully saturated rings. The van der Waals surface area contributed by atoms with E-state index in [1.807, 2.05) is 31.2 Å². The minimum Gasteiger partial charge on any atom is -0.321 e. The van der Waals surface area contributed by atoms with E-state index in [-0.39, 0.29) is 5.92 Å². The molecule has 0 aromatic rings. The van der Waals surface area contributed by atoms with Crippen LogP contribution in [-0.4, -0.2) is 11.8 Å². The molecule has 2 unspecified atom stereocenters. The minimum atomic E-state index is -0.490. The molecule has 0 aliphatic heterocycles. The van der Waals surface area contributed by atoms with E-state index in [2.05, 4.69) is 0 Å². The van der Waals surface area contributed by atoms with E-state index in [0.717, 1.165) is 6.29 Å². The van der Waals surface area contributed by atoms with E-state index in [4.69, 9.17) is 5.73 Å². The second kappa shape index (κ2) is 2.39. The van der Waals surface area contributed by atoms with Gasteiger partial charge >= 0.3 is 0 Å². The molecule has 0 radical (unpaired) electrons. The predicted octanol–water partition coefficient (Wildman–Crippen LogP) is 0.645. The molecule has 0 amide bonds. The molecule has 0 aromatic carbocycles. The Kier molecular flexibility index (Phi) is 1.72. The van der Waals surface area contributed by atoms with Crippen LogP contribution < -0.4 is 5.73 Å². The van der Waals surface area contributed by atoms with Gasteiger partial charge in [0, 0.05) is 5.54 Å². The van der Waals surface area contributed by atoms with Crippen molar-refractivity contribution in [3.05, 3.63) is 24.3 Å². The van der Waals surface area contributed by atoms with Gasteiger partial charge in [-0.15, -0.1) is 0 Å². The number of hydrogen-bond acceptors (Lipinski definition) is 2. The quantitative estimate of drug-likeness (QED) is 0.539. The number of carbonyl (C=O) groups excluding carboxylic acids is 1. The van der Waals surface area contributed by atoms with Crippen molar-refractivity contribution in [1.29, 1.82) is 0 Å². The topological polar surface area (TPSA) is 43.1 Å². The van der Waals surface area contributed by atoms with Crippen LogP contribution in [0, 0.1) is 5.92 Å². The van der Waals surface area contributed by atoms with Gasteiger partial charge in [0.15, 0.2) is 0 Å². The van der Waals surface area contributed by atoms with Gasteiger partial charge in [-0.1, -0.05) is 24.3 Å². The second-order valence-electron chi connectivity index (χ2n) is 2.77. The largest absolute Gasteiger partial charge is 0.321 e. The van der Waals surface area contributed by atoms with E-state index in [1.165, 1.54) is 0 Å². The van der Waals surface area contributed by atoms with E-state index in [0.29, 0.717) is 0 Å². The van der Waals surface area contributed by atoms with Crippen LogP contribution in [-0.2, 0) is 4.79 Å². The van der Waals surface area contributed by atoms with Crippen molar-refractivity contribution in [3.63, 3.8) is 0 Å². The molecule has 1 aliphatic rings. The van der Waals surface area contributed by atoms with Crippen LogP contribution in [0.15, 0.2) is 24.3 Å². The number of allylic oxidation sites excluding steroid dienone is 2. The Balaban J connectivity index is 2.84. The van der Waals surface area contributed by atoms with Gasteiger partial charge < -0.3 is 10.5 Å². The zero-order valence-electron chi connectivity index (χ0n) is 5.95. The van der Waals surface area contributed by atoms with Gasteiger partial charge in [0.2, 0.25) is 0 Å². The first-order chi connectivity index (χ1) is 4.67. The summed E-state index contributed by atoms with van der Waals surface area (Å²) in [5.74, 6) is -0.169.